The summed E-state index contributed by atoms with van der Waals surface area (Å²) in [5.74, 6) is 0.749. The number of ether oxygens (including phenoxy) is 1. The minimum Gasteiger partial charge on any atom is -0.376 e. The van der Waals surface area contributed by atoms with Gasteiger partial charge in [-0.2, -0.15) is 0 Å². The van der Waals surface area contributed by atoms with Crippen LogP contribution in [0.3, 0.4) is 0 Å². The van der Waals surface area contributed by atoms with E-state index in [1.165, 1.54) is 0 Å². The Balaban J connectivity index is 1.70. The van der Waals surface area contributed by atoms with Crippen molar-refractivity contribution in [1.82, 2.24) is 15.3 Å². The Labute approximate surface area is 155 Å². The van der Waals surface area contributed by atoms with Gasteiger partial charge in [0.05, 0.1) is 16.1 Å². The second kappa shape index (κ2) is 7.99. The Hall–Kier alpha value is -1.89. The summed E-state index contributed by atoms with van der Waals surface area (Å²) in [5, 5.41) is 6.87. The van der Waals surface area contributed by atoms with Gasteiger partial charge in [0.1, 0.15) is 17.3 Å². The number of aryl methyl sites for hydroxylation is 1. The minimum atomic E-state index is -0.252. The van der Waals surface area contributed by atoms with Crippen LogP contribution >= 0.6 is 23.2 Å². The van der Waals surface area contributed by atoms with Crippen LogP contribution in [0.4, 0.5) is 11.5 Å². The van der Waals surface area contributed by atoms with Crippen molar-refractivity contribution in [2.24, 2.45) is 0 Å². The quantitative estimate of drug-likeness (QED) is 0.825. The van der Waals surface area contributed by atoms with Gasteiger partial charge in [0.2, 0.25) is 0 Å². The predicted molar refractivity (Wildman–Crippen MR) is 97.8 cm³/mol. The van der Waals surface area contributed by atoms with Crippen LogP contribution < -0.4 is 10.6 Å². The molecular formula is C17H18Cl2N4O2. The molecule has 0 bridgehead atoms. The molecule has 1 aromatic heterocycles. The van der Waals surface area contributed by atoms with Crippen molar-refractivity contribution in [3.63, 3.8) is 0 Å². The van der Waals surface area contributed by atoms with Crippen molar-refractivity contribution in [3.8, 4) is 0 Å². The fourth-order valence-corrected chi connectivity index (χ4v) is 2.87. The third-order valence-corrected chi connectivity index (χ3v) is 4.52. The Bertz CT molecular complexity index is 779. The van der Waals surface area contributed by atoms with Crippen molar-refractivity contribution < 1.29 is 9.53 Å². The molecule has 1 aliphatic rings. The lowest BCUT2D eigenvalue weighted by atomic mass is 10.2. The van der Waals surface area contributed by atoms with Gasteiger partial charge in [0, 0.05) is 24.9 Å². The maximum Gasteiger partial charge on any atom is 0.270 e. The standard InChI is InChI=1S/C17H18Cl2N4O2/c1-10-21-15(17(24)20-9-12-3-2-6-25-12)8-16(22-10)23-11-4-5-13(18)14(19)7-11/h4-5,7-8,12H,2-3,6,9H2,1H3,(H,20,24)(H,21,22,23). The second-order valence-electron chi connectivity index (χ2n) is 5.78. The molecule has 1 saturated heterocycles. The molecule has 1 aromatic carbocycles. The van der Waals surface area contributed by atoms with E-state index in [1.54, 1.807) is 31.2 Å². The summed E-state index contributed by atoms with van der Waals surface area (Å²) in [6.45, 7) is 2.97. The Morgan fingerprint density at radius 3 is 2.84 bits per heavy atom. The molecule has 1 amide bonds. The molecule has 2 N–H and O–H groups in total. The zero-order valence-electron chi connectivity index (χ0n) is 13.7. The lowest BCUT2D eigenvalue weighted by Gasteiger charge is -2.12. The van der Waals surface area contributed by atoms with Crippen molar-refractivity contribution in [3.05, 3.63) is 45.8 Å². The van der Waals surface area contributed by atoms with Gasteiger partial charge in [-0.1, -0.05) is 23.2 Å². The highest BCUT2D eigenvalue weighted by atomic mass is 35.5. The van der Waals surface area contributed by atoms with Gasteiger partial charge < -0.3 is 15.4 Å². The van der Waals surface area contributed by atoms with E-state index in [0.717, 1.165) is 25.1 Å². The number of carbonyl (C=O) groups is 1. The first-order valence-electron chi connectivity index (χ1n) is 7.99. The van der Waals surface area contributed by atoms with Gasteiger partial charge >= 0.3 is 0 Å². The molecule has 6 nitrogen and oxygen atoms in total. The number of halogens is 2. The summed E-state index contributed by atoms with van der Waals surface area (Å²) in [4.78, 5) is 20.8. The van der Waals surface area contributed by atoms with E-state index < -0.39 is 0 Å². The van der Waals surface area contributed by atoms with Crippen LogP contribution in [0.15, 0.2) is 24.3 Å². The van der Waals surface area contributed by atoms with Gasteiger partial charge in [-0.15, -0.1) is 0 Å². The first-order chi connectivity index (χ1) is 12.0. The maximum atomic E-state index is 12.3. The minimum absolute atomic E-state index is 0.0840. The van der Waals surface area contributed by atoms with Gasteiger partial charge in [0.15, 0.2) is 0 Å². The highest BCUT2D eigenvalue weighted by molar-refractivity contribution is 6.42. The van der Waals surface area contributed by atoms with Crippen molar-refractivity contribution in [2.75, 3.05) is 18.5 Å². The Morgan fingerprint density at radius 2 is 2.12 bits per heavy atom. The molecular weight excluding hydrogens is 363 g/mol. The van der Waals surface area contributed by atoms with E-state index in [1.807, 2.05) is 0 Å². The van der Waals surface area contributed by atoms with Gasteiger partial charge in [-0.3, -0.25) is 4.79 Å². The van der Waals surface area contributed by atoms with Crippen LogP contribution in [0.25, 0.3) is 0 Å². The predicted octanol–water partition coefficient (Wildman–Crippen LogP) is 3.74. The van der Waals surface area contributed by atoms with E-state index in [4.69, 9.17) is 27.9 Å². The lowest BCUT2D eigenvalue weighted by Crippen LogP contribution is -2.32. The van der Waals surface area contributed by atoms with E-state index in [2.05, 4.69) is 20.6 Å². The van der Waals surface area contributed by atoms with Gasteiger partial charge in [-0.05, 0) is 38.0 Å². The number of anilines is 2. The molecule has 0 spiro atoms. The zero-order chi connectivity index (χ0) is 17.8. The number of amides is 1. The highest BCUT2D eigenvalue weighted by Gasteiger charge is 2.18. The third kappa shape index (κ3) is 4.81. The Morgan fingerprint density at radius 1 is 1.28 bits per heavy atom. The number of hydrogen-bond donors (Lipinski definition) is 2. The largest absolute Gasteiger partial charge is 0.376 e. The average Bonchev–Trinajstić information content (AvgIpc) is 3.09. The topological polar surface area (TPSA) is 76.1 Å². The smallest absolute Gasteiger partial charge is 0.270 e. The number of benzene rings is 1. The van der Waals surface area contributed by atoms with Gasteiger partial charge in [0.25, 0.3) is 5.91 Å². The van der Waals surface area contributed by atoms with E-state index >= 15 is 0 Å². The van der Waals surface area contributed by atoms with E-state index in [9.17, 15) is 4.79 Å². The molecule has 1 fully saturated rings. The van der Waals surface area contributed by atoms with Crippen molar-refractivity contribution in [1.29, 1.82) is 0 Å². The summed E-state index contributed by atoms with van der Waals surface area (Å²) >= 11 is 11.9. The van der Waals surface area contributed by atoms with E-state index in [0.29, 0.717) is 33.9 Å². The number of nitrogens with one attached hydrogen (secondary N) is 2. The molecule has 2 aromatic rings. The fraction of sp³-hybridized carbons (Fsp3) is 0.353. The van der Waals surface area contributed by atoms with Crippen LogP contribution in [-0.2, 0) is 4.74 Å². The molecule has 0 radical (unpaired) electrons. The molecule has 1 unspecified atom stereocenters. The number of carbonyl (C=O) groups excluding carboxylic acids is 1. The average molecular weight is 381 g/mol. The third-order valence-electron chi connectivity index (χ3n) is 3.78. The summed E-state index contributed by atoms with van der Waals surface area (Å²) in [6, 6.07) is 6.76. The van der Waals surface area contributed by atoms with Crippen molar-refractivity contribution in [2.45, 2.75) is 25.9 Å². The normalized spacial score (nSPS) is 16.7. The monoisotopic (exact) mass is 380 g/mol. The molecule has 1 aliphatic heterocycles. The Kier molecular flexibility index (Phi) is 5.73. The fourth-order valence-electron chi connectivity index (χ4n) is 2.57. The molecule has 8 heteroatoms. The van der Waals surface area contributed by atoms with Crippen LogP contribution in [0.1, 0.15) is 29.2 Å². The molecule has 2 heterocycles. The van der Waals surface area contributed by atoms with E-state index in [-0.39, 0.29) is 12.0 Å². The van der Waals surface area contributed by atoms with Crippen LogP contribution in [0, 0.1) is 6.92 Å². The van der Waals surface area contributed by atoms with Crippen LogP contribution in [0.2, 0.25) is 10.0 Å². The molecule has 0 aliphatic carbocycles. The number of aromatic nitrogens is 2. The summed E-state index contributed by atoms with van der Waals surface area (Å²) in [7, 11) is 0. The molecule has 132 valence electrons. The van der Waals surface area contributed by atoms with Crippen LogP contribution in [-0.4, -0.2) is 35.1 Å². The molecule has 1 atom stereocenters. The first kappa shape index (κ1) is 17.9. The number of hydrogen-bond acceptors (Lipinski definition) is 5. The molecule has 25 heavy (non-hydrogen) atoms. The summed E-state index contributed by atoms with van der Waals surface area (Å²) < 4.78 is 5.50. The number of nitrogens with zero attached hydrogens (tertiary/aromatic N) is 2. The summed E-state index contributed by atoms with van der Waals surface area (Å²) in [6.07, 6.45) is 2.08. The molecule has 3 rings (SSSR count). The molecule has 0 saturated carbocycles. The van der Waals surface area contributed by atoms with Crippen molar-refractivity contribution >= 4 is 40.6 Å². The summed E-state index contributed by atoms with van der Waals surface area (Å²) in [5.41, 5.74) is 1.02. The SMILES string of the molecule is Cc1nc(Nc2ccc(Cl)c(Cl)c2)cc(C(=O)NCC2CCCO2)n1. The van der Waals surface area contributed by atoms with Crippen LogP contribution in [0.5, 0.6) is 0 Å². The first-order valence-corrected chi connectivity index (χ1v) is 8.74. The zero-order valence-corrected chi connectivity index (χ0v) is 15.2. The maximum absolute atomic E-state index is 12.3. The highest BCUT2D eigenvalue weighted by Crippen LogP contribution is 2.26. The number of rotatable bonds is 5. The lowest BCUT2D eigenvalue weighted by molar-refractivity contribution is 0.0853. The van der Waals surface area contributed by atoms with Gasteiger partial charge in [-0.25, -0.2) is 9.97 Å². The second-order valence-corrected chi connectivity index (χ2v) is 6.60.